The zero-order valence-electron chi connectivity index (χ0n) is 14.6. The monoisotopic (exact) mass is 464 g/mol. The van der Waals surface area contributed by atoms with E-state index in [0.717, 1.165) is 29.5 Å². The molecule has 2 aromatic rings. The molecule has 0 amide bonds. The van der Waals surface area contributed by atoms with E-state index in [4.69, 9.17) is 16.3 Å². The van der Waals surface area contributed by atoms with E-state index in [1.54, 1.807) is 14.2 Å². The number of hydrogen-bond donors (Lipinski definition) is 3. The van der Waals surface area contributed by atoms with Gasteiger partial charge in [0.05, 0.1) is 5.60 Å². The Morgan fingerprint density at radius 3 is 2.75 bits per heavy atom. The minimum absolute atomic E-state index is 0. The summed E-state index contributed by atoms with van der Waals surface area (Å²) in [5, 5.41) is 8.52. The molecule has 0 spiro atoms. The van der Waals surface area contributed by atoms with Gasteiger partial charge < -0.3 is 20.4 Å². The fourth-order valence-electron chi connectivity index (χ4n) is 2.26. The normalized spacial score (nSPS) is 12.1. The molecule has 0 saturated heterocycles. The van der Waals surface area contributed by atoms with Gasteiger partial charge in [-0.05, 0) is 44.0 Å². The molecule has 24 heavy (non-hydrogen) atoms. The summed E-state index contributed by atoms with van der Waals surface area (Å²) in [5.74, 6) is 0.771. The topological polar surface area (TPSA) is 61.4 Å². The third-order valence-corrected chi connectivity index (χ3v) is 4.11. The van der Waals surface area contributed by atoms with E-state index < -0.39 is 0 Å². The lowest BCUT2D eigenvalue weighted by Crippen LogP contribution is -2.45. The largest absolute Gasteiger partial charge is 0.377 e. The molecule has 1 aromatic carbocycles. The molecule has 7 heteroatoms. The van der Waals surface area contributed by atoms with Crippen LogP contribution in [0.15, 0.2) is 29.4 Å². The highest BCUT2D eigenvalue weighted by molar-refractivity contribution is 14.0. The highest BCUT2D eigenvalue weighted by atomic mass is 127. The van der Waals surface area contributed by atoms with E-state index in [2.05, 4.69) is 20.6 Å². The van der Waals surface area contributed by atoms with Crippen molar-refractivity contribution in [3.63, 3.8) is 0 Å². The maximum absolute atomic E-state index is 6.08. The Balaban J connectivity index is 0.00000288. The number of nitrogens with zero attached hydrogens (tertiary/aromatic N) is 1. The number of guanidine groups is 1. The summed E-state index contributed by atoms with van der Waals surface area (Å²) in [6, 6.07) is 5.89. The van der Waals surface area contributed by atoms with E-state index in [1.165, 1.54) is 10.9 Å². The molecule has 0 saturated carbocycles. The molecule has 0 radical (unpaired) electrons. The second-order valence-corrected chi connectivity index (χ2v) is 6.51. The van der Waals surface area contributed by atoms with Crippen molar-refractivity contribution < 1.29 is 4.74 Å². The van der Waals surface area contributed by atoms with Gasteiger partial charge in [-0.15, -0.1) is 24.0 Å². The van der Waals surface area contributed by atoms with Gasteiger partial charge >= 0.3 is 0 Å². The summed E-state index contributed by atoms with van der Waals surface area (Å²) < 4.78 is 5.39. The number of nitrogens with one attached hydrogen (secondary N) is 3. The van der Waals surface area contributed by atoms with E-state index in [9.17, 15) is 0 Å². The van der Waals surface area contributed by atoms with Crippen molar-refractivity contribution in [1.82, 2.24) is 15.6 Å². The first-order valence-electron chi connectivity index (χ1n) is 7.70. The maximum Gasteiger partial charge on any atom is 0.191 e. The number of fused-ring (bicyclic) bond motifs is 1. The molecule has 0 atom stereocenters. The van der Waals surface area contributed by atoms with Crippen molar-refractivity contribution in [2.45, 2.75) is 25.9 Å². The number of aliphatic imine (C=N–C) groups is 1. The van der Waals surface area contributed by atoms with Gasteiger partial charge in [0, 0.05) is 49.4 Å². The van der Waals surface area contributed by atoms with Crippen LogP contribution in [0.25, 0.3) is 10.9 Å². The molecule has 0 unspecified atom stereocenters. The number of aromatic amines is 1. The summed E-state index contributed by atoms with van der Waals surface area (Å²) >= 11 is 6.08. The molecule has 0 fully saturated rings. The maximum atomic E-state index is 6.08. The molecular weight excluding hydrogens is 439 g/mol. The fourth-order valence-corrected chi connectivity index (χ4v) is 2.43. The molecule has 134 valence electrons. The number of benzene rings is 1. The Morgan fingerprint density at radius 1 is 1.33 bits per heavy atom. The van der Waals surface area contributed by atoms with Crippen molar-refractivity contribution in [2.75, 3.05) is 27.2 Å². The second kappa shape index (κ2) is 9.48. The van der Waals surface area contributed by atoms with Crippen LogP contribution in [0.3, 0.4) is 0 Å². The van der Waals surface area contributed by atoms with E-state index in [1.807, 2.05) is 38.2 Å². The average Bonchev–Trinajstić information content (AvgIpc) is 2.93. The minimum atomic E-state index is -0.231. The van der Waals surface area contributed by atoms with Gasteiger partial charge in [0.2, 0.25) is 0 Å². The number of H-pyrrole nitrogens is 1. The fraction of sp³-hybridized carbons (Fsp3) is 0.471. The van der Waals surface area contributed by atoms with Gasteiger partial charge in [0.15, 0.2) is 5.96 Å². The summed E-state index contributed by atoms with van der Waals surface area (Å²) in [4.78, 5) is 7.50. The van der Waals surface area contributed by atoms with Crippen LogP contribution in [-0.4, -0.2) is 43.8 Å². The number of halogens is 2. The molecule has 0 aliphatic heterocycles. The third kappa shape index (κ3) is 5.82. The highest BCUT2D eigenvalue weighted by Crippen LogP contribution is 2.22. The van der Waals surface area contributed by atoms with Crippen LogP contribution in [0.1, 0.15) is 19.4 Å². The lowest BCUT2D eigenvalue weighted by molar-refractivity contribution is 0.0268. The summed E-state index contributed by atoms with van der Waals surface area (Å²) in [6.45, 7) is 5.53. The van der Waals surface area contributed by atoms with Crippen molar-refractivity contribution in [2.24, 2.45) is 4.99 Å². The van der Waals surface area contributed by atoms with Crippen molar-refractivity contribution in [1.29, 1.82) is 0 Å². The number of rotatable bonds is 6. The van der Waals surface area contributed by atoms with Crippen LogP contribution in [0.5, 0.6) is 0 Å². The quantitative estimate of drug-likeness (QED) is 0.348. The summed E-state index contributed by atoms with van der Waals surface area (Å²) in [5.41, 5.74) is 2.11. The predicted molar refractivity (Wildman–Crippen MR) is 113 cm³/mol. The number of methoxy groups -OCH3 is 1. The Morgan fingerprint density at radius 2 is 2.08 bits per heavy atom. The van der Waals surface area contributed by atoms with Crippen LogP contribution in [0, 0.1) is 0 Å². The molecule has 3 N–H and O–H groups in total. The van der Waals surface area contributed by atoms with Crippen molar-refractivity contribution in [3.8, 4) is 0 Å². The van der Waals surface area contributed by atoms with Crippen LogP contribution in [0.4, 0.5) is 0 Å². The van der Waals surface area contributed by atoms with Gasteiger partial charge in [-0.25, -0.2) is 0 Å². The second-order valence-electron chi connectivity index (χ2n) is 6.07. The lowest BCUT2D eigenvalue weighted by atomic mass is 10.1. The van der Waals surface area contributed by atoms with Gasteiger partial charge in [0.1, 0.15) is 0 Å². The predicted octanol–water partition coefficient (Wildman–Crippen LogP) is 3.57. The first-order chi connectivity index (χ1) is 10.9. The summed E-state index contributed by atoms with van der Waals surface area (Å²) in [7, 11) is 3.47. The van der Waals surface area contributed by atoms with E-state index >= 15 is 0 Å². The molecular formula is C17H26ClIN4O. The zero-order chi connectivity index (χ0) is 16.9. The number of ether oxygens (including phenoxy) is 1. The van der Waals surface area contributed by atoms with Crippen LogP contribution >= 0.6 is 35.6 Å². The molecule has 2 rings (SSSR count). The minimum Gasteiger partial charge on any atom is -0.377 e. The first-order valence-corrected chi connectivity index (χ1v) is 8.08. The Bertz CT molecular complexity index is 684. The van der Waals surface area contributed by atoms with Crippen LogP contribution < -0.4 is 10.6 Å². The van der Waals surface area contributed by atoms with E-state index in [-0.39, 0.29) is 29.6 Å². The highest BCUT2D eigenvalue weighted by Gasteiger charge is 2.16. The zero-order valence-corrected chi connectivity index (χ0v) is 17.7. The van der Waals surface area contributed by atoms with Gasteiger partial charge in [0.25, 0.3) is 0 Å². The number of aromatic nitrogens is 1. The molecule has 0 bridgehead atoms. The molecule has 0 aliphatic rings. The smallest absolute Gasteiger partial charge is 0.191 e. The van der Waals surface area contributed by atoms with Crippen LogP contribution in [-0.2, 0) is 11.2 Å². The van der Waals surface area contributed by atoms with Crippen LogP contribution in [0.2, 0.25) is 5.02 Å². The Kier molecular flexibility index (Phi) is 8.32. The SMILES string of the molecule is CN=C(NCCc1c[nH]c2ccc(Cl)cc12)NCC(C)(C)OC.I. The Labute approximate surface area is 165 Å². The van der Waals surface area contributed by atoms with Crippen molar-refractivity contribution >= 4 is 52.4 Å². The van der Waals surface area contributed by atoms with E-state index in [0.29, 0.717) is 6.54 Å². The lowest BCUT2D eigenvalue weighted by Gasteiger charge is -2.24. The molecule has 1 heterocycles. The molecule has 5 nitrogen and oxygen atoms in total. The molecule has 1 aromatic heterocycles. The number of hydrogen-bond acceptors (Lipinski definition) is 2. The van der Waals surface area contributed by atoms with Gasteiger partial charge in [-0.2, -0.15) is 0 Å². The molecule has 0 aliphatic carbocycles. The van der Waals surface area contributed by atoms with Crippen molar-refractivity contribution in [3.05, 3.63) is 35.0 Å². The third-order valence-electron chi connectivity index (χ3n) is 3.87. The van der Waals surface area contributed by atoms with Gasteiger partial charge in [-0.3, -0.25) is 4.99 Å². The van der Waals surface area contributed by atoms with Gasteiger partial charge in [-0.1, -0.05) is 11.6 Å². The average molecular weight is 465 g/mol. The first kappa shape index (κ1) is 21.1. The summed E-state index contributed by atoms with van der Waals surface area (Å²) in [6.07, 6.45) is 2.92. The Hall–Kier alpha value is -0.990. The standard InChI is InChI=1S/C17H25ClN4O.HI/c1-17(2,23-4)11-22-16(19-3)20-8-7-12-10-21-15-6-5-13(18)9-14(12)15;/h5-6,9-10,21H,7-8,11H2,1-4H3,(H2,19,20,22);1H.